The molecule has 0 spiro atoms. The number of allylic oxidation sites excluding steroid dienone is 1. The van der Waals surface area contributed by atoms with Crippen LogP contribution in [0.15, 0.2) is 61.3 Å². The number of hydrogen-bond acceptors (Lipinski definition) is 5. The van der Waals surface area contributed by atoms with Crippen molar-refractivity contribution in [2.45, 2.75) is 32.1 Å². The Morgan fingerprint density at radius 2 is 1.65 bits per heavy atom. The number of ether oxygens (including phenoxy) is 3. The first-order valence-corrected chi connectivity index (χ1v) is 9.00. The molecule has 1 aromatic heterocycles. The maximum atomic E-state index is 5.70. The van der Waals surface area contributed by atoms with Crippen LogP contribution in [0, 0.1) is 0 Å². The Balaban J connectivity index is 1.41. The molecular weight excluding hydrogens is 328 g/mol. The number of aromatic nitrogens is 2. The van der Waals surface area contributed by atoms with Gasteiger partial charge in [0.25, 0.3) is 0 Å². The molecule has 0 radical (unpaired) electrons. The molecule has 5 nitrogen and oxygen atoms in total. The van der Waals surface area contributed by atoms with Gasteiger partial charge in [-0.25, -0.2) is 9.97 Å². The largest absolute Gasteiger partial charge is 0.490 e. The first-order valence-electron chi connectivity index (χ1n) is 9.00. The zero-order valence-electron chi connectivity index (χ0n) is 14.9. The third kappa shape index (κ3) is 5.92. The summed E-state index contributed by atoms with van der Waals surface area (Å²) in [7, 11) is 0. The average Bonchev–Trinajstić information content (AvgIpc) is 3.51. The van der Waals surface area contributed by atoms with Crippen molar-refractivity contribution in [2.75, 3.05) is 13.2 Å². The van der Waals surface area contributed by atoms with Gasteiger partial charge in [-0.15, -0.1) is 6.58 Å². The second kappa shape index (κ2) is 9.61. The van der Waals surface area contributed by atoms with Crippen molar-refractivity contribution in [2.24, 2.45) is 0 Å². The second-order valence-corrected chi connectivity index (χ2v) is 6.10. The Morgan fingerprint density at radius 3 is 2.35 bits per heavy atom. The van der Waals surface area contributed by atoms with Crippen LogP contribution < -0.4 is 9.47 Å². The third-order valence-electron chi connectivity index (χ3n) is 3.98. The lowest BCUT2D eigenvalue weighted by Crippen LogP contribution is -1.99. The fourth-order valence-electron chi connectivity index (χ4n) is 2.44. The molecule has 0 N–H and O–H groups in total. The van der Waals surface area contributed by atoms with Crippen LogP contribution in [0.25, 0.3) is 11.4 Å². The molecule has 2 aromatic rings. The van der Waals surface area contributed by atoms with Crippen LogP contribution in [0.3, 0.4) is 0 Å². The molecule has 2 heterocycles. The van der Waals surface area contributed by atoms with E-state index in [-0.39, 0.29) is 0 Å². The highest BCUT2D eigenvalue weighted by Gasteiger charge is 2.10. The van der Waals surface area contributed by atoms with E-state index in [4.69, 9.17) is 14.2 Å². The zero-order valence-corrected chi connectivity index (χ0v) is 14.9. The van der Waals surface area contributed by atoms with E-state index < -0.39 is 0 Å². The van der Waals surface area contributed by atoms with Crippen molar-refractivity contribution in [1.29, 1.82) is 0 Å². The molecule has 0 aliphatic carbocycles. The molecule has 0 atom stereocenters. The molecule has 5 heteroatoms. The Kier molecular flexibility index (Phi) is 6.65. The second-order valence-electron chi connectivity index (χ2n) is 6.10. The SMILES string of the molecule is C=CCCCCCCOc1cnc(-c2ccc(OCC3=CO3)cc2)nc1. The maximum Gasteiger partial charge on any atom is 0.176 e. The van der Waals surface area contributed by atoms with Crippen LogP contribution >= 0.6 is 0 Å². The highest BCUT2D eigenvalue weighted by molar-refractivity contribution is 5.56. The van der Waals surface area contributed by atoms with E-state index in [2.05, 4.69) is 16.5 Å². The van der Waals surface area contributed by atoms with Gasteiger partial charge in [0.15, 0.2) is 17.3 Å². The summed E-state index contributed by atoms with van der Waals surface area (Å²) in [6.45, 7) is 4.90. The van der Waals surface area contributed by atoms with Gasteiger partial charge >= 0.3 is 0 Å². The van der Waals surface area contributed by atoms with Gasteiger partial charge in [0.05, 0.1) is 19.0 Å². The fourth-order valence-corrected chi connectivity index (χ4v) is 2.44. The van der Waals surface area contributed by atoms with Gasteiger partial charge in [-0.2, -0.15) is 0 Å². The lowest BCUT2D eigenvalue weighted by Gasteiger charge is -2.07. The highest BCUT2D eigenvalue weighted by atomic mass is 16.6. The Morgan fingerprint density at radius 1 is 0.923 bits per heavy atom. The monoisotopic (exact) mass is 352 g/mol. The number of unbranched alkanes of at least 4 members (excludes halogenated alkanes) is 4. The summed E-state index contributed by atoms with van der Waals surface area (Å²) in [5.41, 5.74) is 0.938. The van der Waals surface area contributed by atoms with E-state index in [0.717, 1.165) is 29.9 Å². The topological polar surface area (TPSA) is 56.8 Å². The lowest BCUT2D eigenvalue weighted by molar-refractivity contribution is 0.302. The number of rotatable bonds is 12. The number of benzene rings is 1. The molecule has 0 fully saturated rings. The van der Waals surface area contributed by atoms with Gasteiger partial charge in [0.1, 0.15) is 18.6 Å². The molecule has 1 aromatic carbocycles. The van der Waals surface area contributed by atoms with Crippen LogP contribution in [0.2, 0.25) is 0 Å². The number of nitrogens with zero attached hydrogens (tertiary/aromatic N) is 2. The highest BCUT2D eigenvalue weighted by Crippen LogP contribution is 2.22. The summed E-state index contributed by atoms with van der Waals surface area (Å²) in [6, 6.07) is 7.68. The van der Waals surface area contributed by atoms with E-state index in [1.807, 2.05) is 30.3 Å². The minimum absolute atomic E-state index is 0.468. The van der Waals surface area contributed by atoms with E-state index >= 15 is 0 Å². The van der Waals surface area contributed by atoms with E-state index in [9.17, 15) is 0 Å². The summed E-state index contributed by atoms with van der Waals surface area (Å²) in [5, 5.41) is 0. The predicted molar refractivity (Wildman–Crippen MR) is 101 cm³/mol. The molecule has 0 unspecified atom stereocenters. The van der Waals surface area contributed by atoms with E-state index in [1.165, 1.54) is 19.3 Å². The lowest BCUT2D eigenvalue weighted by atomic mass is 10.1. The van der Waals surface area contributed by atoms with Gasteiger partial charge in [-0.05, 0) is 43.5 Å². The fraction of sp³-hybridized carbons (Fsp3) is 0.333. The van der Waals surface area contributed by atoms with E-state index in [0.29, 0.717) is 24.8 Å². The number of hydrogen-bond donors (Lipinski definition) is 0. The molecule has 3 rings (SSSR count). The van der Waals surface area contributed by atoms with Crippen molar-refractivity contribution in [3.05, 3.63) is 61.3 Å². The molecule has 26 heavy (non-hydrogen) atoms. The molecule has 1 aliphatic rings. The molecular formula is C21H24N2O3. The Hall–Kier alpha value is -2.82. The predicted octanol–water partition coefficient (Wildman–Crippen LogP) is 4.91. The molecule has 0 amide bonds. The van der Waals surface area contributed by atoms with Crippen molar-refractivity contribution in [3.63, 3.8) is 0 Å². The first-order chi connectivity index (χ1) is 12.8. The van der Waals surface area contributed by atoms with Crippen molar-refractivity contribution in [1.82, 2.24) is 9.97 Å². The summed E-state index contributed by atoms with van der Waals surface area (Å²) in [4.78, 5) is 8.77. The quantitative estimate of drug-likeness (QED) is 0.401. The van der Waals surface area contributed by atoms with Crippen molar-refractivity contribution in [3.8, 4) is 22.9 Å². The van der Waals surface area contributed by atoms with Gasteiger partial charge < -0.3 is 14.2 Å². The molecule has 0 saturated heterocycles. The minimum atomic E-state index is 0.468. The summed E-state index contributed by atoms with van der Waals surface area (Å²) in [6.07, 6.45) is 12.8. The van der Waals surface area contributed by atoms with Crippen LogP contribution in [0.5, 0.6) is 11.5 Å². The normalized spacial score (nSPS) is 12.1. The van der Waals surface area contributed by atoms with Crippen molar-refractivity contribution < 1.29 is 14.2 Å². The zero-order chi connectivity index (χ0) is 18.0. The smallest absolute Gasteiger partial charge is 0.176 e. The first kappa shape index (κ1) is 18.0. The van der Waals surface area contributed by atoms with Gasteiger partial charge in [-0.3, -0.25) is 0 Å². The van der Waals surface area contributed by atoms with Gasteiger partial charge in [0.2, 0.25) is 0 Å². The Labute approximate surface area is 154 Å². The molecule has 1 aliphatic heterocycles. The van der Waals surface area contributed by atoms with Gasteiger partial charge in [0, 0.05) is 5.56 Å². The van der Waals surface area contributed by atoms with Crippen LogP contribution in [-0.4, -0.2) is 23.2 Å². The standard InChI is InChI=1S/C21H24N2O3/c1-2-3-4-5-6-7-12-24-19-13-22-21(23-14-19)17-8-10-18(11-9-17)25-15-20-16-26-20/h2,8-11,13-14,16H,1,3-7,12,15H2. The maximum absolute atomic E-state index is 5.70. The summed E-state index contributed by atoms with van der Waals surface area (Å²) < 4.78 is 16.2. The molecule has 0 bridgehead atoms. The average molecular weight is 352 g/mol. The Bertz CT molecular complexity index is 724. The van der Waals surface area contributed by atoms with Crippen LogP contribution in [-0.2, 0) is 4.74 Å². The summed E-state index contributed by atoms with van der Waals surface area (Å²) in [5.74, 6) is 3.03. The molecule has 136 valence electrons. The third-order valence-corrected chi connectivity index (χ3v) is 3.98. The summed E-state index contributed by atoms with van der Waals surface area (Å²) >= 11 is 0. The van der Waals surface area contributed by atoms with Crippen LogP contribution in [0.4, 0.5) is 0 Å². The van der Waals surface area contributed by atoms with Crippen molar-refractivity contribution >= 4 is 0 Å². The minimum Gasteiger partial charge on any atom is -0.490 e. The van der Waals surface area contributed by atoms with E-state index in [1.54, 1.807) is 18.7 Å². The molecule has 0 saturated carbocycles. The van der Waals surface area contributed by atoms with Crippen LogP contribution in [0.1, 0.15) is 32.1 Å². The van der Waals surface area contributed by atoms with Gasteiger partial charge in [-0.1, -0.05) is 18.9 Å².